The lowest BCUT2D eigenvalue weighted by Crippen LogP contribution is -2.42. The van der Waals surface area contributed by atoms with Crippen molar-refractivity contribution in [3.8, 4) is 0 Å². The number of unbranched alkanes of at least 4 members (excludes halogenated alkanes) is 1. The molecule has 0 aromatic carbocycles. The first-order valence-corrected chi connectivity index (χ1v) is 5.21. The molecule has 0 aromatic rings. The van der Waals surface area contributed by atoms with E-state index in [9.17, 15) is 14.9 Å². The molecule has 0 radical (unpaired) electrons. The van der Waals surface area contributed by atoms with Crippen molar-refractivity contribution < 1.29 is 9.83 Å². The number of nitro groups is 1. The molecule has 2 heterocycles. The number of hydrazone groups is 1. The summed E-state index contributed by atoms with van der Waals surface area (Å²) in [7, 11) is 0. The van der Waals surface area contributed by atoms with E-state index in [1.807, 2.05) is 0 Å². The van der Waals surface area contributed by atoms with Crippen LogP contribution in [0.5, 0.6) is 0 Å². The summed E-state index contributed by atoms with van der Waals surface area (Å²) in [6.07, 6.45) is 4.99. The van der Waals surface area contributed by atoms with Crippen LogP contribution in [0.4, 0.5) is 4.79 Å². The van der Waals surface area contributed by atoms with Gasteiger partial charge in [0, 0.05) is 12.7 Å². The van der Waals surface area contributed by atoms with Gasteiger partial charge < -0.3 is 0 Å². The zero-order valence-corrected chi connectivity index (χ0v) is 9.24. The van der Waals surface area contributed by atoms with E-state index in [1.165, 1.54) is 6.20 Å². The smallest absolute Gasteiger partial charge is 0.268 e. The molecule has 9 heteroatoms. The van der Waals surface area contributed by atoms with Crippen molar-refractivity contribution in [1.29, 1.82) is 0 Å². The zero-order valence-electron chi connectivity index (χ0n) is 9.24. The second-order valence-electron chi connectivity index (χ2n) is 3.54. The van der Waals surface area contributed by atoms with Gasteiger partial charge in [0.15, 0.2) is 5.03 Å². The Balaban J connectivity index is 2.12. The molecule has 0 aromatic heterocycles. The molecular formula is C8H12N6O3. The highest BCUT2D eigenvalue weighted by Crippen LogP contribution is 2.14. The Kier molecular flexibility index (Phi) is 2.81. The highest BCUT2D eigenvalue weighted by atomic mass is 16.7. The summed E-state index contributed by atoms with van der Waals surface area (Å²) >= 11 is 0. The molecule has 0 atom stereocenters. The predicted octanol–water partition coefficient (Wildman–Crippen LogP) is 0.278. The molecule has 1 saturated heterocycles. The number of urea groups is 1. The fraction of sp³-hybridized carbons (Fsp3) is 0.500. The lowest BCUT2D eigenvalue weighted by molar-refractivity contribution is -0.661. The summed E-state index contributed by atoms with van der Waals surface area (Å²) in [6.45, 7) is 2.76. The van der Waals surface area contributed by atoms with Crippen LogP contribution in [0.1, 0.15) is 19.8 Å². The van der Waals surface area contributed by atoms with Gasteiger partial charge in [-0.3, -0.25) is 10.3 Å². The van der Waals surface area contributed by atoms with E-state index in [2.05, 4.69) is 17.3 Å². The van der Waals surface area contributed by atoms with Gasteiger partial charge in [-0.15, -0.1) is 5.10 Å². The summed E-state index contributed by atoms with van der Waals surface area (Å²) in [5.41, 5.74) is 0. The van der Waals surface area contributed by atoms with Crippen molar-refractivity contribution in [1.82, 2.24) is 20.5 Å². The fourth-order valence-corrected chi connectivity index (χ4v) is 1.49. The maximum Gasteiger partial charge on any atom is 0.408 e. The van der Waals surface area contributed by atoms with Crippen molar-refractivity contribution in [3.05, 3.63) is 22.5 Å². The van der Waals surface area contributed by atoms with Gasteiger partial charge in [-0.2, -0.15) is 5.01 Å². The quantitative estimate of drug-likeness (QED) is 0.562. The molecule has 1 fully saturated rings. The number of nitrogens with one attached hydrogen (secondary N) is 1. The summed E-state index contributed by atoms with van der Waals surface area (Å²) < 4.78 is 0. The number of guanidine groups is 1. The van der Waals surface area contributed by atoms with Crippen LogP contribution in [-0.4, -0.2) is 38.7 Å². The van der Waals surface area contributed by atoms with Gasteiger partial charge in [0.2, 0.25) is 0 Å². The Morgan fingerprint density at radius 3 is 2.94 bits per heavy atom. The van der Waals surface area contributed by atoms with Crippen molar-refractivity contribution in [2.45, 2.75) is 19.8 Å². The van der Waals surface area contributed by atoms with Gasteiger partial charge >= 0.3 is 6.03 Å². The molecule has 2 rings (SSSR count). The number of fused-ring (bicyclic) bond motifs is 1. The first-order valence-electron chi connectivity index (χ1n) is 5.21. The molecular weight excluding hydrogens is 228 g/mol. The minimum Gasteiger partial charge on any atom is -0.268 e. The van der Waals surface area contributed by atoms with E-state index in [4.69, 9.17) is 0 Å². The Morgan fingerprint density at radius 1 is 1.53 bits per heavy atom. The van der Waals surface area contributed by atoms with E-state index in [0.717, 1.165) is 17.9 Å². The molecule has 0 spiro atoms. The maximum atomic E-state index is 11.3. The average Bonchev–Trinajstić information content (AvgIpc) is 2.61. The van der Waals surface area contributed by atoms with Crippen LogP contribution in [0.3, 0.4) is 0 Å². The van der Waals surface area contributed by atoms with Crippen molar-refractivity contribution in [2.24, 2.45) is 5.10 Å². The number of carbonyl (C=O) groups excluding carboxylic acids is 1. The monoisotopic (exact) mass is 240 g/mol. The topological polar surface area (TPSA) is 94.3 Å². The van der Waals surface area contributed by atoms with Gasteiger partial charge in [-0.25, -0.2) is 14.9 Å². The number of hydrazine groups is 2. The van der Waals surface area contributed by atoms with Gasteiger partial charge in [0.05, 0.1) is 11.3 Å². The second-order valence-corrected chi connectivity index (χ2v) is 3.54. The number of nitrogens with zero attached hydrogens (tertiary/aromatic N) is 5. The van der Waals surface area contributed by atoms with E-state index >= 15 is 0 Å². The molecule has 0 aliphatic carbocycles. The van der Waals surface area contributed by atoms with Crippen LogP contribution in [0.25, 0.3) is 0 Å². The van der Waals surface area contributed by atoms with E-state index in [1.54, 1.807) is 11.2 Å². The SMILES string of the molecule is CCCCN1C=CN2C(=N1)NC(=O)N2[N+](=O)[O-]. The van der Waals surface area contributed by atoms with Crippen molar-refractivity contribution in [2.75, 3.05) is 6.54 Å². The first-order chi connectivity index (χ1) is 8.13. The van der Waals surface area contributed by atoms with Crippen LogP contribution in [0.2, 0.25) is 0 Å². The molecule has 0 saturated carbocycles. The summed E-state index contributed by atoms with van der Waals surface area (Å²) in [5, 5.41) is 19.3. The average molecular weight is 240 g/mol. The Hall–Kier alpha value is -2.32. The Morgan fingerprint density at radius 2 is 2.29 bits per heavy atom. The normalized spacial score (nSPS) is 18.1. The number of hydrogen-bond donors (Lipinski definition) is 1. The number of hydrogen-bond acceptors (Lipinski definition) is 6. The first kappa shape index (κ1) is 11.2. The Bertz CT molecular complexity index is 406. The van der Waals surface area contributed by atoms with Crippen LogP contribution in [0, 0.1) is 10.1 Å². The summed E-state index contributed by atoms with van der Waals surface area (Å²) in [5.74, 6) is 0.144. The molecule has 2 amide bonds. The molecule has 0 unspecified atom stereocenters. The van der Waals surface area contributed by atoms with Gasteiger partial charge in [-0.1, -0.05) is 13.3 Å². The van der Waals surface area contributed by atoms with Crippen LogP contribution in [-0.2, 0) is 0 Å². The third-order valence-electron chi connectivity index (χ3n) is 2.32. The zero-order chi connectivity index (χ0) is 12.4. The maximum absolute atomic E-state index is 11.3. The molecule has 1 N–H and O–H groups in total. The van der Waals surface area contributed by atoms with Gasteiger partial charge in [0.25, 0.3) is 5.96 Å². The van der Waals surface area contributed by atoms with E-state index < -0.39 is 11.1 Å². The fourth-order valence-electron chi connectivity index (χ4n) is 1.49. The standard InChI is InChI=1S/C8H12N6O3/c1-2-3-4-11-5-6-12-7(10-11)9-8(15)13(12)14(16)17/h5-6H,2-4H2,1H3,(H,9,10,15). The number of carbonyl (C=O) groups is 1. The minimum absolute atomic E-state index is 0.144. The number of amides is 2. The Labute approximate surface area is 97.0 Å². The summed E-state index contributed by atoms with van der Waals surface area (Å²) in [6, 6.07) is -0.823. The van der Waals surface area contributed by atoms with Crippen molar-refractivity contribution in [3.63, 3.8) is 0 Å². The van der Waals surface area contributed by atoms with Gasteiger partial charge in [-0.05, 0) is 6.42 Å². The van der Waals surface area contributed by atoms with Crippen LogP contribution < -0.4 is 5.32 Å². The van der Waals surface area contributed by atoms with E-state index in [0.29, 0.717) is 11.7 Å². The second kappa shape index (κ2) is 4.28. The highest BCUT2D eigenvalue weighted by molar-refractivity contribution is 6.01. The predicted molar refractivity (Wildman–Crippen MR) is 57.4 cm³/mol. The van der Waals surface area contributed by atoms with Crippen LogP contribution >= 0.6 is 0 Å². The van der Waals surface area contributed by atoms with Gasteiger partial charge in [0.1, 0.15) is 0 Å². The lowest BCUT2D eigenvalue weighted by Gasteiger charge is -2.22. The third kappa shape index (κ3) is 1.98. The summed E-state index contributed by atoms with van der Waals surface area (Å²) in [4.78, 5) is 21.9. The third-order valence-corrected chi connectivity index (χ3v) is 2.32. The van der Waals surface area contributed by atoms with Crippen LogP contribution in [0.15, 0.2) is 17.5 Å². The molecule has 0 bridgehead atoms. The largest absolute Gasteiger partial charge is 0.408 e. The molecule has 9 nitrogen and oxygen atoms in total. The molecule has 2 aliphatic heterocycles. The minimum atomic E-state index is -0.823. The van der Waals surface area contributed by atoms with Crippen molar-refractivity contribution >= 4 is 12.0 Å². The molecule has 92 valence electrons. The van der Waals surface area contributed by atoms with E-state index in [-0.39, 0.29) is 5.96 Å². The highest BCUT2D eigenvalue weighted by Gasteiger charge is 2.43. The molecule has 17 heavy (non-hydrogen) atoms. The molecule has 2 aliphatic rings. The number of rotatable bonds is 4. The lowest BCUT2D eigenvalue weighted by atomic mass is 10.3.